The molecule has 0 heterocycles. The van der Waals surface area contributed by atoms with E-state index in [4.69, 9.17) is 9.84 Å². The molecule has 0 aromatic rings. The molecule has 0 bridgehead atoms. The molecule has 17 heavy (non-hydrogen) atoms. The van der Waals surface area contributed by atoms with Crippen LogP contribution in [0.2, 0.25) is 0 Å². The van der Waals surface area contributed by atoms with Crippen molar-refractivity contribution in [3.63, 3.8) is 0 Å². The minimum Gasteiger partial charge on any atom is -0.394 e. The Hall–Kier alpha value is -0.610. The van der Waals surface area contributed by atoms with Crippen molar-refractivity contribution in [1.82, 2.24) is 5.32 Å². The van der Waals surface area contributed by atoms with Crippen LogP contribution < -0.4 is 5.32 Å². The lowest BCUT2D eigenvalue weighted by Crippen LogP contribution is -2.27. The maximum absolute atomic E-state index is 11.9. The van der Waals surface area contributed by atoms with E-state index in [1.165, 1.54) is 25.7 Å². The van der Waals surface area contributed by atoms with Crippen molar-refractivity contribution in [3.05, 3.63) is 0 Å². The van der Waals surface area contributed by atoms with Gasteiger partial charge in [-0.3, -0.25) is 4.79 Å². The average molecular weight is 241 g/mol. The first-order valence-electron chi connectivity index (χ1n) is 6.81. The number of aliphatic hydroxyl groups excluding tert-OH is 1. The summed E-state index contributed by atoms with van der Waals surface area (Å²) in [4.78, 5) is 11.9. The number of hydrogen-bond acceptors (Lipinski definition) is 3. The molecule has 2 atom stereocenters. The summed E-state index contributed by atoms with van der Waals surface area (Å²) in [7, 11) is 0. The fraction of sp³-hybridized carbons (Fsp3) is 0.923. The summed E-state index contributed by atoms with van der Waals surface area (Å²) in [6.07, 6.45) is 5.94. The summed E-state index contributed by atoms with van der Waals surface area (Å²) in [6, 6.07) is 0. The van der Waals surface area contributed by atoms with Gasteiger partial charge in [0.15, 0.2) is 0 Å². The van der Waals surface area contributed by atoms with Crippen LogP contribution in [0.4, 0.5) is 0 Å². The molecule has 2 saturated carbocycles. The van der Waals surface area contributed by atoms with E-state index in [2.05, 4.69) is 5.32 Å². The van der Waals surface area contributed by atoms with Crippen LogP contribution in [0.5, 0.6) is 0 Å². The first-order chi connectivity index (χ1) is 8.34. The summed E-state index contributed by atoms with van der Waals surface area (Å²) in [5.41, 5.74) is 0. The van der Waals surface area contributed by atoms with E-state index < -0.39 is 0 Å². The van der Waals surface area contributed by atoms with Crippen LogP contribution in [0, 0.1) is 17.8 Å². The van der Waals surface area contributed by atoms with Crippen LogP contribution in [-0.4, -0.2) is 37.4 Å². The van der Waals surface area contributed by atoms with Gasteiger partial charge in [0.05, 0.1) is 13.2 Å². The van der Waals surface area contributed by atoms with Crippen molar-refractivity contribution in [2.24, 2.45) is 17.8 Å². The van der Waals surface area contributed by atoms with Crippen molar-refractivity contribution in [3.8, 4) is 0 Å². The number of nitrogens with one attached hydrogen (secondary N) is 1. The lowest BCUT2D eigenvalue weighted by atomic mass is 10.0. The van der Waals surface area contributed by atoms with Crippen LogP contribution in [0.25, 0.3) is 0 Å². The standard InChI is InChI=1S/C13H23NO3/c15-7-9-17-8-3-6-14-13(16)12-10-4-1-2-5-11(10)12/h10-12,15H,1-9H2,(H,14,16). The van der Waals surface area contributed by atoms with Crippen molar-refractivity contribution in [2.75, 3.05) is 26.4 Å². The van der Waals surface area contributed by atoms with E-state index in [1.54, 1.807) is 0 Å². The Kier molecular flexibility index (Phi) is 4.80. The molecule has 2 unspecified atom stereocenters. The van der Waals surface area contributed by atoms with E-state index in [9.17, 15) is 4.79 Å². The zero-order valence-electron chi connectivity index (χ0n) is 10.4. The highest BCUT2D eigenvalue weighted by Gasteiger charge is 2.54. The molecule has 0 aromatic heterocycles. The number of aliphatic hydroxyl groups is 1. The predicted octanol–water partition coefficient (Wildman–Crippen LogP) is 0.938. The Morgan fingerprint density at radius 1 is 1.24 bits per heavy atom. The van der Waals surface area contributed by atoms with Crippen molar-refractivity contribution >= 4 is 5.91 Å². The highest BCUT2D eigenvalue weighted by Crippen LogP contribution is 2.55. The number of carbonyl (C=O) groups excluding carboxylic acids is 1. The molecule has 2 fully saturated rings. The Labute approximate surface area is 103 Å². The third-order valence-corrected chi connectivity index (χ3v) is 3.96. The fourth-order valence-electron chi connectivity index (χ4n) is 3.05. The SMILES string of the molecule is O=C(NCCCOCCO)C1C2CCCCC21. The van der Waals surface area contributed by atoms with Gasteiger partial charge in [0.2, 0.25) is 5.91 Å². The zero-order chi connectivity index (χ0) is 12.1. The molecule has 4 nitrogen and oxygen atoms in total. The Morgan fingerprint density at radius 3 is 2.59 bits per heavy atom. The third kappa shape index (κ3) is 3.42. The summed E-state index contributed by atoms with van der Waals surface area (Å²) in [5, 5.41) is 11.5. The van der Waals surface area contributed by atoms with Crippen molar-refractivity contribution in [1.29, 1.82) is 0 Å². The summed E-state index contributed by atoms with van der Waals surface area (Å²) in [6.45, 7) is 1.76. The van der Waals surface area contributed by atoms with Crippen molar-refractivity contribution in [2.45, 2.75) is 32.1 Å². The zero-order valence-corrected chi connectivity index (χ0v) is 10.4. The smallest absolute Gasteiger partial charge is 0.223 e. The first-order valence-corrected chi connectivity index (χ1v) is 6.81. The van der Waals surface area contributed by atoms with Gasteiger partial charge < -0.3 is 15.2 Å². The highest BCUT2D eigenvalue weighted by molar-refractivity contribution is 5.82. The second-order valence-electron chi connectivity index (χ2n) is 5.12. The first kappa shape index (κ1) is 12.8. The Morgan fingerprint density at radius 2 is 1.94 bits per heavy atom. The summed E-state index contributed by atoms with van der Waals surface area (Å²) >= 11 is 0. The molecule has 0 saturated heterocycles. The van der Waals surface area contributed by atoms with Gasteiger partial charge in [-0.15, -0.1) is 0 Å². The summed E-state index contributed by atoms with van der Waals surface area (Å²) in [5.74, 6) is 1.95. The number of fused-ring (bicyclic) bond motifs is 1. The second kappa shape index (κ2) is 6.36. The van der Waals surface area contributed by atoms with Gasteiger partial charge in [-0.2, -0.15) is 0 Å². The van der Waals surface area contributed by atoms with Crippen LogP contribution >= 0.6 is 0 Å². The monoisotopic (exact) mass is 241 g/mol. The fourth-order valence-corrected chi connectivity index (χ4v) is 3.05. The van der Waals surface area contributed by atoms with Crippen molar-refractivity contribution < 1.29 is 14.6 Å². The number of carbonyl (C=O) groups is 1. The predicted molar refractivity (Wildman–Crippen MR) is 64.5 cm³/mol. The van der Waals surface area contributed by atoms with E-state index in [-0.39, 0.29) is 12.5 Å². The Balaban J connectivity index is 1.53. The molecular formula is C13H23NO3. The van der Waals surface area contributed by atoms with Gasteiger partial charge in [0, 0.05) is 19.1 Å². The van der Waals surface area contributed by atoms with E-state index in [0.717, 1.165) is 6.42 Å². The molecule has 1 amide bonds. The highest BCUT2D eigenvalue weighted by atomic mass is 16.5. The molecule has 0 spiro atoms. The lowest BCUT2D eigenvalue weighted by molar-refractivity contribution is -0.122. The van der Waals surface area contributed by atoms with Gasteiger partial charge in [-0.25, -0.2) is 0 Å². The molecule has 2 aliphatic rings. The quantitative estimate of drug-likeness (QED) is 0.652. The molecule has 98 valence electrons. The molecule has 2 N–H and O–H groups in total. The van der Waals surface area contributed by atoms with E-state index >= 15 is 0 Å². The van der Waals surface area contributed by atoms with Gasteiger partial charge in [-0.1, -0.05) is 12.8 Å². The molecule has 0 radical (unpaired) electrons. The minimum atomic E-state index is 0.0673. The topological polar surface area (TPSA) is 58.6 Å². The van der Waals surface area contributed by atoms with Gasteiger partial charge in [0.25, 0.3) is 0 Å². The molecule has 0 aliphatic heterocycles. The maximum Gasteiger partial charge on any atom is 0.223 e. The average Bonchev–Trinajstić information content (AvgIpc) is 3.07. The normalized spacial score (nSPS) is 30.8. The summed E-state index contributed by atoms with van der Waals surface area (Å²) < 4.78 is 5.13. The van der Waals surface area contributed by atoms with Crippen LogP contribution in [0.1, 0.15) is 32.1 Å². The van der Waals surface area contributed by atoms with Crippen LogP contribution in [-0.2, 0) is 9.53 Å². The number of hydrogen-bond donors (Lipinski definition) is 2. The largest absolute Gasteiger partial charge is 0.394 e. The number of ether oxygens (including phenoxy) is 1. The molecular weight excluding hydrogens is 218 g/mol. The maximum atomic E-state index is 11.9. The van der Waals surface area contributed by atoms with Gasteiger partial charge in [-0.05, 0) is 31.1 Å². The Bertz CT molecular complexity index is 245. The minimum absolute atomic E-state index is 0.0673. The van der Waals surface area contributed by atoms with Crippen LogP contribution in [0.15, 0.2) is 0 Å². The molecule has 2 rings (SSSR count). The number of amides is 1. The van der Waals surface area contributed by atoms with Gasteiger partial charge >= 0.3 is 0 Å². The van der Waals surface area contributed by atoms with Gasteiger partial charge in [0.1, 0.15) is 0 Å². The molecule has 2 aliphatic carbocycles. The number of rotatable bonds is 7. The third-order valence-electron chi connectivity index (χ3n) is 3.96. The van der Waals surface area contributed by atoms with E-state index in [0.29, 0.717) is 37.5 Å². The molecule has 4 heteroatoms. The van der Waals surface area contributed by atoms with E-state index in [1.807, 2.05) is 0 Å². The van der Waals surface area contributed by atoms with Crippen LogP contribution in [0.3, 0.4) is 0 Å². The second-order valence-corrected chi connectivity index (χ2v) is 5.12. The lowest BCUT2D eigenvalue weighted by Gasteiger charge is -2.05. The molecule has 0 aromatic carbocycles.